The molecule has 0 aliphatic carbocycles. The molecule has 170 valence electrons. The second-order valence-electron chi connectivity index (χ2n) is 6.77. The number of aromatic nitrogens is 4. The van der Waals surface area contributed by atoms with E-state index in [1.807, 2.05) is 26.0 Å². The molecule has 8 heteroatoms. The Morgan fingerprint density at radius 2 is 1.68 bits per heavy atom. The maximum atomic E-state index is 8.77. The van der Waals surface area contributed by atoms with Gasteiger partial charge in [0.05, 0.1) is 16.1 Å². The molecule has 5 N–H and O–H groups in total. The molecule has 0 amide bonds. The smallest absolute Gasteiger partial charge is 0.143 e. The van der Waals surface area contributed by atoms with Gasteiger partial charge in [0.1, 0.15) is 23.2 Å². The fraction of sp³-hybridized carbons (Fsp3) is 0.478. The number of nitrogens with zero attached hydrogens (tertiary/aromatic N) is 4. The number of hydrogen-bond donors (Lipinski definition) is 3. The lowest BCUT2D eigenvalue weighted by molar-refractivity contribution is 0.886. The summed E-state index contributed by atoms with van der Waals surface area (Å²) in [6.45, 7) is 12.6. The molecule has 0 saturated heterocycles. The number of nitrogens with one attached hydrogen (secondary N) is 1. The van der Waals surface area contributed by atoms with Crippen LogP contribution < -0.4 is 11.7 Å². The summed E-state index contributed by atoms with van der Waals surface area (Å²) in [4.78, 5) is 16.4. The summed E-state index contributed by atoms with van der Waals surface area (Å²) in [6.07, 6.45) is 6.96. The van der Waals surface area contributed by atoms with Gasteiger partial charge in [-0.1, -0.05) is 71.5 Å². The number of halogens is 1. The van der Waals surface area contributed by atoms with Crippen LogP contribution in [-0.4, -0.2) is 19.9 Å². The Balaban J connectivity index is 0.000000865. The van der Waals surface area contributed by atoms with E-state index < -0.39 is 0 Å². The minimum absolute atomic E-state index is 0.403. The van der Waals surface area contributed by atoms with Gasteiger partial charge in [-0.15, -0.1) is 0 Å². The van der Waals surface area contributed by atoms with Crippen molar-refractivity contribution in [1.82, 2.24) is 19.9 Å². The molecule has 0 unspecified atom stereocenters. The van der Waals surface area contributed by atoms with Gasteiger partial charge in [0.15, 0.2) is 0 Å². The summed E-state index contributed by atoms with van der Waals surface area (Å²) < 4.78 is 0. The zero-order chi connectivity index (χ0) is 23.8. The second-order valence-corrected chi connectivity index (χ2v) is 7.15. The summed E-state index contributed by atoms with van der Waals surface area (Å²) >= 11 is 6.36. The average Bonchev–Trinajstić information content (AvgIpc) is 3.12. The zero-order valence-electron chi connectivity index (χ0n) is 19.6. The Morgan fingerprint density at radius 3 is 2.13 bits per heavy atom. The Morgan fingerprint density at radius 1 is 1.06 bits per heavy atom. The van der Waals surface area contributed by atoms with Crippen molar-refractivity contribution in [1.29, 1.82) is 5.26 Å². The summed E-state index contributed by atoms with van der Waals surface area (Å²) in [5.74, 6) is 8.71. The van der Waals surface area contributed by atoms with E-state index in [-0.39, 0.29) is 0 Å². The highest BCUT2D eigenvalue weighted by molar-refractivity contribution is 6.36. The van der Waals surface area contributed by atoms with E-state index in [1.54, 1.807) is 12.3 Å². The van der Waals surface area contributed by atoms with Gasteiger partial charge in [-0.3, -0.25) is 11.7 Å². The zero-order valence-corrected chi connectivity index (χ0v) is 20.3. The van der Waals surface area contributed by atoms with Crippen LogP contribution in [-0.2, 0) is 12.8 Å². The van der Waals surface area contributed by atoms with Crippen LogP contribution in [0.1, 0.15) is 82.4 Å². The molecule has 0 saturated carbocycles. The van der Waals surface area contributed by atoms with Crippen molar-refractivity contribution in [2.75, 3.05) is 0 Å². The number of aromatic amines is 1. The summed E-state index contributed by atoms with van der Waals surface area (Å²) in [6, 6.07) is 5.57. The molecular formula is C23H36ClN7. The summed E-state index contributed by atoms with van der Waals surface area (Å²) in [7, 11) is 0. The van der Waals surface area contributed by atoms with Crippen LogP contribution in [0.2, 0.25) is 5.02 Å². The first-order chi connectivity index (χ1) is 14.9. The van der Waals surface area contributed by atoms with Crippen molar-refractivity contribution in [3.8, 4) is 6.07 Å². The molecule has 0 atom stereocenters. The lowest BCUT2D eigenvalue weighted by Gasteiger charge is -2.03. The second kappa shape index (κ2) is 16.2. The normalized spacial score (nSPS) is 9.42. The van der Waals surface area contributed by atoms with Crippen LogP contribution in [0, 0.1) is 18.3 Å². The Kier molecular flexibility index (Phi) is 14.9. The highest BCUT2D eigenvalue weighted by atomic mass is 35.5. The van der Waals surface area contributed by atoms with Crippen LogP contribution in [0.15, 0.2) is 18.3 Å². The van der Waals surface area contributed by atoms with Gasteiger partial charge >= 0.3 is 0 Å². The quantitative estimate of drug-likeness (QED) is 0.365. The third kappa shape index (κ3) is 9.01. The van der Waals surface area contributed by atoms with E-state index in [2.05, 4.69) is 59.3 Å². The Labute approximate surface area is 191 Å². The Hall–Kier alpha value is -2.53. The van der Waals surface area contributed by atoms with Crippen molar-refractivity contribution < 1.29 is 0 Å². The maximum absolute atomic E-state index is 8.77. The average molecular weight is 446 g/mol. The van der Waals surface area contributed by atoms with E-state index in [0.29, 0.717) is 23.0 Å². The minimum Gasteiger partial charge on any atom is -0.342 e. The molecule has 0 aliphatic heterocycles. The number of fused-ring (bicyclic) bond motifs is 1. The van der Waals surface area contributed by atoms with Crippen LogP contribution >= 0.6 is 11.6 Å². The van der Waals surface area contributed by atoms with Crippen molar-refractivity contribution in [3.05, 3.63) is 51.8 Å². The van der Waals surface area contributed by atoms with E-state index in [1.165, 1.54) is 19.3 Å². The molecule has 3 rings (SSSR count). The van der Waals surface area contributed by atoms with E-state index in [9.17, 15) is 0 Å². The topological polar surface area (TPSA) is 130 Å². The fourth-order valence-corrected chi connectivity index (χ4v) is 2.84. The maximum Gasteiger partial charge on any atom is 0.143 e. The number of hydrazine groups is 1. The molecule has 0 bridgehead atoms. The van der Waals surface area contributed by atoms with Crippen LogP contribution in [0.4, 0.5) is 0 Å². The third-order valence-corrected chi connectivity index (χ3v) is 4.46. The van der Waals surface area contributed by atoms with E-state index in [4.69, 9.17) is 16.9 Å². The largest absolute Gasteiger partial charge is 0.342 e. The van der Waals surface area contributed by atoms with Gasteiger partial charge in [-0.25, -0.2) is 15.0 Å². The molecule has 3 heterocycles. The van der Waals surface area contributed by atoms with Crippen LogP contribution in [0.25, 0.3) is 11.0 Å². The number of hydrogen-bond acceptors (Lipinski definition) is 6. The van der Waals surface area contributed by atoms with E-state index >= 15 is 0 Å². The van der Waals surface area contributed by atoms with Crippen molar-refractivity contribution >= 4 is 22.6 Å². The van der Waals surface area contributed by atoms with Crippen LogP contribution in [0.3, 0.4) is 0 Å². The van der Waals surface area contributed by atoms with Crippen molar-refractivity contribution in [3.63, 3.8) is 0 Å². The first kappa shape index (κ1) is 28.5. The van der Waals surface area contributed by atoms with Gasteiger partial charge < -0.3 is 4.98 Å². The number of unbranched alkanes of at least 4 members (excludes halogenated alkanes) is 1. The highest BCUT2D eigenvalue weighted by Gasteiger charge is 2.14. The molecule has 3 aromatic rings. The standard InChI is InChI=1S/C16H14ClN5.C4H10.C3H8.H4N2/c1-3-12-15(17)14-9(2)20-13(22-16(14)21-12)6-10-4-5-11(7-18)19-8-10;1-3-4-2;1-3-2;1-2/h4-5,8H,3,6H2,1-2H3,(H,20,21,22);3-4H2,1-2H3;3H2,1-2H3;1-2H2. The van der Waals surface area contributed by atoms with Crippen molar-refractivity contribution in [2.45, 2.75) is 73.6 Å². The van der Waals surface area contributed by atoms with Gasteiger partial charge in [0.2, 0.25) is 0 Å². The lowest BCUT2D eigenvalue weighted by atomic mass is 10.2. The fourth-order valence-electron chi connectivity index (χ4n) is 2.43. The van der Waals surface area contributed by atoms with E-state index in [0.717, 1.165) is 34.4 Å². The molecule has 0 spiro atoms. The molecule has 0 fully saturated rings. The summed E-state index contributed by atoms with van der Waals surface area (Å²) in [5, 5.41) is 10.4. The van der Waals surface area contributed by atoms with Gasteiger partial charge in [-0.05, 0) is 25.0 Å². The molecule has 0 radical (unpaired) electrons. The molecule has 0 aromatic carbocycles. The van der Waals surface area contributed by atoms with Crippen LogP contribution in [0.5, 0.6) is 0 Å². The third-order valence-electron chi connectivity index (χ3n) is 4.05. The predicted molar refractivity (Wildman–Crippen MR) is 130 cm³/mol. The predicted octanol–water partition coefficient (Wildman–Crippen LogP) is 5.38. The van der Waals surface area contributed by atoms with Gasteiger partial charge in [-0.2, -0.15) is 5.26 Å². The number of nitriles is 1. The molecule has 0 aliphatic rings. The van der Waals surface area contributed by atoms with Gasteiger partial charge in [0.25, 0.3) is 0 Å². The number of aryl methyl sites for hydroxylation is 2. The monoisotopic (exact) mass is 445 g/mol. The molecular weight excluding hydrogens is 410 g/mol. The first-order valence-corrected chi connectivity index (χ1v) is 11.0. The summed E-state index contributed by atoms with van der Waals surface area (Å²) in [5.41, 5.74) is 3.98. The molecule has 3 aromatic heterocycles. The lowest BCUT2D eigenvalue weighted by Crippen LogP contribution is -2.02. The SMILES string of the molecule is CCC.CCCC.CCc1[nH]c2nc(Cc3ccc(C#N)nc3)nc(C)c2c1Cl.NN. The van der Waals surface area contributed by atoms with Crippen molar-refractivity contribution in [2.24, 2.45) is 11.7 Å². The number of pyridine rings is 1. The number of H-pyrrole nitrogens is 1. The number of rotatable bonds is 4. The number of nitrogens with two attached hydrogens (primary N) is 2. The molecule has 7 nitrogen and oxygen atoms in total. The minimum atomic E-state index is 0.403. The van der Waals surface area contributed by atoms with Gasteiger partial charge in [0, 0.05) is 18.3 Å². The molecule has 31 heavy (non-hydrogen) atoms. The highest BCUT2D eigenvalue weighted by Crippen LogP contribution is 2.28. The Bertz CT molecular complexity index is 926. The first-order valence-electron chi connectivity index (χ1n) is 10.7.